The van der Waals surface area contributed by atoms with E-state index in [0.29, 0.717) is 6.54 Å². The van der Waals surface area contributed by atoms with Crippen molar-refractivity contribution in [3.63, 3.8) is 0 Å². The van der Waals surface area contributed by atoms with Crippen molar-refractivity contribution in [3.05, 3.63) is 29.8 Å². The highest BCUT2D eigenvalue weighted by Gasteiger charge is 1.96. The van der Waals surface area contributed by atoms with Crippen LogP contribution in [-0.4, -0.2) is 42.4 Å². The Morgan fingerprint density at radius 1 is 1.25 bits per heavy atom. The molecule has 0 saturated carbocycles. The number of rotatable bonds is 9. The van der Waals surface area contributed by atoms with Crippen LogP contribution in [0.15, 0.2) is 29.3 Å². The molecular weight excluding hydrogens is 354 g/mol. The van der Waals surface area contributed by atoms with Gasteiger partial charge in [0.05, 0.1) is 13.2 Å². The summed E-state index contributed by atoms with van der Waals surface area (Å²) >= 11 is 1.82. The Labute approximate surface area is 147 Å². The van der Waals surface area contributed by atoms with E-state index in [-0.39, 0.29) is 5.96 Å². The van der Waals surface area contributed by atoms with Crippen LogP contribution in [0, 0.1) is 0 Å². The maximum Gasteiger partial charge on any atom is 0.394 e. The van der Waals surface area contributed by atoms with Crippen molar-refractivity contribution in [2.75, 3.05) is 18.9 Å². The van der Waals surface area contributed by atoms with Crippen molar-refractivity contribution >= 4 is 28.1 Å². The maximum atomic E-state index is 8.74. The number of ether oxygens (including phenoxy) is 1. The van der Waals surface area contributed by atoms with Gasteiger partial charge in [-0.2, -0.15) is 20.2 Å². The fourth-order valence-corrected chi connectivity index (χ4v) is 2.24. The Morgan fingerprint density at radius 3 is 2.33 bits per heavy atom. The lowest BCUT2D eigenvalue weighted by atomic mass is 10.2. The third kappa shape index (κ3) is 16.9. The molecule has 1 aromatic carbocycles. The van der Waals surface area contributed by atoms with E-state index in [9.17, 15) is 0 Å². The first-order valence-electron chi connectivity index (χ1n) is 7.27. The van der Waals surface area contributed by atoms with Gasteiger partial charge < -0.3 is 16.2 Å². The van der Waals surface area contributed by atoms with Gasteiger partial charge in [0.25, 0.3) is 0 Å². The van der Waals surface area contributed by atoms with Gasteiger partial charge in [0, 0.05) is 11.5 Å². The second-order valence-electron chi connectivity index (χ2n) is 4.65. The van der Waals surface area contributed by atoms with Gasteiger partial charge in [-0.3, -0.25) is 14.1 Å². The van der Waals surface area contributed by atoms with Crippen molar-refractivity contribution in [1.29, 1.82) is 0 Å². The Morgan fingerprint density at radius 2 is 1.83 bits per heavy atom. The lowest BCUT2D eigenvalue weighted by Gasteiger charge is -2.06. The highest BCUT2D eigenvalue weighted by molar-refractivity contribution is 7.98. The van der Waals surface area contributed by atoms with Crippen LogP contribution in [0.2, 0.25) is 0 Å². The minimum atomic E-state index is -4.67. The van der Waals surface area contributed by atoms with Gasteiger partial charge in [-0.1, -0.05) is 25.5 Å². The van der Waals surface area contributed by atoms with Crippen molar-refractivity contribution in [2.24, 2.45) is 16.5 Å². The first-order chi connectivity index (χ1) is 11.2. The summed E-state index contributed by atoms with van der Waals surface area (Å²) in [6.45, 7) is 3.63. The highest BCUT2D eigenvalue weighted by Crippen LogP contribution is 2.17. The number of nitrogens with two attached hydrogens (primary N) is 2. The third-order valence-electron chi connectivity index (χ3n) is 2.49. The highest BCUT2D eigenvalue weighted by atomic mass is 32.3. The zero-order valence-corrected chi connectivity index (χ0v) is 15.2. The summed E-state index contributed by atoms with van der Waals surface area (Å²) in [6.07, 6.45) is 2.26. The molecule has 0 fully saturated rings. The molecule has 0 amide bonds. The first-order valence-corrected chi connectivity index (χ1v) is 9.82. The Kier molecular flexibility index (Phi) is 12.1. The summed E-state index contributed by atoms with van der Waals surface area (Å²) in [6, 6.07) is 8.27. The number of aliphatic imine (C=N–C) groups is 1. The van der Waals surface area contributed by atoms with E-state index in [1.54, 1.807) is 0 Å². The summed E-state index contributed by atoms with van der Waals surface area (Å²) in [5.74, 6) is 3.00. The topological polar surface area (TPSA) is 148 Å². The van der Waals surface area contributed by atoms with E-state index in [4.69, 9.17) is 33.7 Å². The van der Waals surface area contributed by atoms with Crippen molar-refractivity contribution in [2.45, 2.75) is 25.5 Å². The fraction of sp³-hybridized carbons (Fsp3) is 0.500. The summed E-state index contributed by atoms with van der Waals surface area (Å²) in [4.78, 5) is 3.94. The van der Waals surface area contributed by atoms with E-state index in [0.717, 1.165) is 36.7 Å². The smallest absolute Gasteiger partial charge is 0.394 e. The minimum absolute atomic E-state index is 0.161. The van der Waals surface area contributed by atoms with E-state index >= 15 is 0 Å². The summed E-state index contributed by atoms with van der Waals surface area (Å²) in [5, 5.41) is 0. The number of benzene rings is 1. The summed E-state index contributed by atoms with van der Waals surface area (Å²) in [5.41, 5.74) is 11.8. The van der Waals surface area contributed by atoms with Gasteiger partial charge in [-0.15, -0.1) is 0 Å². The standard InChI is InChI=1S/C14H23N3OS.H2O4S/c1-2-3-9-18-13-6-4-12(5-7-13)11-19-10-8-17-14(15)16;1-5(2,3)4/h4-7H,2-3,8-11H2,1H3,(H4,15,16,17);(H2,1,2,3,4). The minimum Gasteiger partial charge on any atom is -0.494 e. The van der Waals surface area contributed by atoms with Crippen LogP contribution in [0.4, 0.5) is 0 Å². The number of thioether (sulfide) groups is 1. The van der Waals surface area contributed by atoms with Crippen LogP contribution in [-0.2, 0) is 16.2 Å². The molecule has 0 aromatic heterocycles. The summed E-state index contributed by atoms with van der Waals surface area (Å²) < 4.78 is 37.2. The molecule has 0 aliphatic carbocycles. The Hall–Kier alpha value is -1.49. The number of nitrogens with zero attached hydrogens (tertiary/aromatic N) is 1. The van der Waals surface area contributed by atoms with E-state index in [1.165, 1.54) is 5.56 Å². The van der Waals surface area contributed by atoms with Gasteiger partial charge >= 0.3 is 10.4 Å². The Bertz CT molecular complexity index is 565. The molecule has 8 nitrogen and oxygen atoms in total. The third-order valence-corrected chi connectivity index (χ3v) is 3.50. The van der Waals surface area contributed by atoms with Crippen LogP contribution >= 0.6 is 11.8 Å². The largest absolute Gasteiger partial charge is 0.494 e. The van der Waals surface area contributed by atoms with Gasteiger partial charge in [-0.05, 0) is 24.1 Å². The molecule has 0 atom stereocenters. The molecule has 1 aromatic rings. The SMILES string of the molecule is CCCCOc1ccc(CSCCN=C(N)N)cc1.O=S(=O)(O)O. The normalized spacial score (nSPS) is 10.5. The van der Waals surface area contributed by atoms with E-state index < -0.39 is 10.4 Å². The lowest BCUT2D eigenvalue weighted by molar-refractivity contribution is 0.309. The van der Waals surface area contributed by atoms with Crippen LogP contribution in [0.3, 0.4) is 0 Å². The molecule has 138 valence electrons. The van der Waals surface area contributed by atoms with Crippen LogP contribution in [0.25, 0.3) is 0 Å². The molecule has 10 heteroatoms. The van der Waals surface area contributed by atoms with Gasteiger partial charge in [0.15, 0.2) is 5.96 Å². The van der Waals surface area contributed by atoms with Gasteiger partial charge in [0.1, 0.15) is 5.75 Å². The molecule has 0 heterocycles. The van der Waals surface area contributed by atoms with Crippen LogP contribution in [0.5, 0.6) is 5.75 Å². The molecule has 1 rings (SSSR count). The predicted octanol–water partition coefficient (Wildman–Crippen LogP) is 1.72. The first kappa shape index (κ1) is 22.5. The molecule has 0 bridgehead atoms. The average Bonchev–Trinajstić information content (AvgIpc) is 2.47. The number of guanidine groups is 1. The van der Waals surface area contributed by atoms with Crippen molar-refractivity contribution in [1.82, 2.24) is 0 Å². The molecule has 0 radical (unpaired) electrons. The number of hydrogen-bond acceptors (Lipinski definition) is 5. The fourth-order valence-electron chi connectivity index (χ4n) is 1.45. The number of hydrogen-bond donors (Lipinski definition) is 4. The molecule has 0 aliphatic heterocycles. The molecule has 0 saturated heterocycles. The molecule has 0 aliphatic rings. The van der Waals surface area contributed by atoms with Gasteiger partial charge in [0.2, 0.25) is 0 Å². The number of unbranched alkanes of at least 4 members (excludes halogenated alkanes) is 1. The van der Waals surface area contributed by atoms with Crippen LogP contribution in [0.1, 0.15) is 25.3 Å². The van der Waals surface area contributed by atoms with Crippen molar-refractivity contribution in [3.8, 4) is 5.75 Å². The van der Waals surface area contributed by atoms with Crippen LogP contribution < -0.4 is 16.2 Å². The lowest BCUT2D eigenvalue weighted by Crippen LogP contribution is -2.23. The Balaban J connectivity index is 0.000000922. The van der Waals surface area contributed by atoms with E-state index in [1.807, 2.05) is 23.9 Å². The van der Waals surface area contributed by atoms with Gasteiger partial charge in [-0.25, -0.2) is 0 Å². The predicted molar refractivity (Wildman–Crippen MR) is 97.9 cm³/mol. The maximum absolute atomic E-state index is 8.74. The average molecular weight is 380 g/mol. The second-order valence-corrected chi connectivity index (χ2v) is 6.65. The molecule has 0 unspecified atom stereocenters. The molecule has 0 spiro atoms. The molecule has 6 N–H and O–H groups in total. The molecule has 24 heavy (non-hydrogen) atoms. The van der Waals surface area contributed by atoms with E-state index in [2.05, 4.69) is 24.0 Å². The second kappa shape index (κ2) is 12.9. The quantitative estimate of drug-likeness (QED) is 0.219. The monoisotopic (exact) mass is 379 g/mol. The zero-order chi connectivity index (χ0) is 18.4. The summed E-state index contributed by atoms with van der Waals surface area (Å²) in [7, 11) is -4.67. The van der Waals surface area contributed by atoms with Crippen molar-refractivity contribution < 1.29 is 22.3 Å². The zero-order valence-electron chi connectivity index (χ0n) is 13.6. The molecular formula is C14H25N3O5S2.